The molecule has 7 heteroatoms. The minimum absolute atomic E-state index is 0.0271. The Morgan fingerprint density at radius 1 is 1.08 bits per heavy atom. The summed E-state index contributed by atoms with van der Waals surface area (Å²) in [5.74, 6) is 1.25. The second-order valence-corrected chi connectivity index (χ2v) is 11.0. The van der Waals surface area contributed by atoms with Gasteiger partial charge in [0.25, 0.3) is 0 Å². The van der Waals surface area contributed by atoms with Crippen LogP contribution in [0.15, 0.2) is 60.7 Å². The number of hydrogen-bond donors (Lipinski definition) is 1. The zero-order chi connectivity index (χ0) is 27.0. The number of aliphatic hydroxyl groups is 1. The minimum Gasteiger partial charge on any atom is -0.493 e. The van der Waals surface area contributed by atoms with Gasteiger partial charge >= 0.3 is 0 Å². The minimum atomic E-state index is -1.01. The molecule has 0 saturated carbocycles. The van der Waals surface area contributed by atoms with Gasteiger partial charge in [0.1, 0.15) is 0 Å². The first-order valence-electron chi connectivity index (χ1n) is 13.0. The Bertz CT molecular complexity index is 1300. The van der Waals surface area contributed by atoms with Crippen molar-refractivity contribution in [3.05, 3.63) is 87.9 Å². The second-order valence-electron chi connectivity index (χ2n) is 10.5. The molecule has 0 spiro atoms. The molecule has 3 aromatic rings. The maximum atomic E-state index is 13.7. The van der Waals surface area contributed by atoms with E-state index in [9.17, 15) is 9.90 Å². The fourth-order valence-electron chi connectivity index (χ4n) is 5.50. The van der Waals surface area contributed by atoms with Crippen molar-refractivity contribution in [2.45, 2.75) is 51.4 Å². The van der Waals surface area contributed by atoms with E-state index in [1.54, 1.807) is 7.11 Å². The van der Waals surface area contributed by atoms with E-state index in [-0.39, 0.29) is 24.3 Å². The van der Waals surface area contributed by atoms with Gasteiger partial charge in [-0.05, 0) is 85.8 Å². The largest absolute Gasteiger partial charge is 0.493 e. The average molecular weight is 536 g/mol. The highest BCUT2D eigenvalue weighted by Gasteiger charge is 2.38. The average Bonchev–Trinajstić information content (AvgIpc) is 3.44. The molecule has 0 bridgehead atoms. The van der Waals surface area contributed by atoms with Crippen LogP contribution in [0.2, 0.25) is 5.02 Å². The third-order valence-electron chi connectivity index (χ3n) is 7.59. The van der Waals surface area contributed by atoms with Crippen LogP contribution in [0.25, 0.3) is 0 Å². The summed E-state index contributed by atoms with van der Waals surface area (Å²) in [6.45, 7) is 6.98. The molecule has 2 aliphatic heterocycles. The maximum Gasteiger partial charge on any atom is 0.232 e. The van der Waals surface area contributed by atoms with E-state index in [0.717, 1.165) is 34.4 Å². The van der Waals surface area contributed by atoms with Crippen LogP contribution in [-0.4, -0.2) is 37.4 Å². The van der Waals surface area contributed by atoms with Gasteiger partial charge in [-0.25, -0.2) is 0 Å². The van der Waals surface area contributed by atoms with Crippen LogP contribution < -0.4 is 14.4 Å². The Kier molecular flexibility index (Phi) is 7.40. The van der Waals surface area contributed by atoms with Gasteiger partial charge in [-0.15, -0.1) is 0 Å². The molecule has 2 heterocycles. The molecule has 1 amide bonds. The van der Waals surface area contributed by atoms with Crippen molar-refractivity contribution in [1.82, 2.24) is 0 Å². The standard InChI is InChI=1S/C31H34ClNO5/c1-19(2)38-28-17-26-21(15-27(28)36-4)16-29(34)33(30(26)20-5-9-24(32)10-6-20)25-11-7-22(8-12-25)31(3,35)23-13-14-37-18-23/h5-12,15,17,19,23,30,35H,13-14,16,18H2,1-4H3/t23?,30-,31?/m0/s1. The molecule has 38 heavy (non-hydrogen) atoms. The lowest BCUT2D eigenvalue weighted by molar-refractivity contribution is -0.118. The monoisotopic (exact) mass is 535 g/mol. The molecule has 2 aliphatic rings. The lowest BCUT2D eigenvalue weighted by Gasteiger charge is -2.38. The number of anilines is 1. The molecule has 3 aromatic carbocycles. The predicted molar refractivity (Wildman–Crippen MR) is 148 cm³/mol. The Labute approximate surface area is 229 Å². The number of fused-ring (bicyclic) bond motifs is 1. The van der Waals surface area contributed by atoms with E-state index >= 15 is 0 Å². The predicted octanol–water partition coefficient (Wildman–Crippen LogP) is 6.06. The van der Waals surface area contributed by atoms with Crippen molar-refractivity contribution in [1.29, 1.82) is 0 Å². The number of rotatable bonds is 7. The number of carbonyl (C=O) groups excluding carboxylic acids is 1. The summed E-state index contributed by atoms with van der Waals surface area (Å²) >= 11 is 6.22. The first kappa shape index (κ1) is 26.5. The molecular formula is C31H34ClNO5. The van der Waals surface area contributed by atoms with Gasteiger partial charge in [-0.2, -0.15) is 0 Å². The molecule has 0 radical (unpaired) electrons. The van der Waals surface area contributed by atoms with Crippen LogP contribution in [0.5, 0.6) is 11.5 Å². The summed E-state index contributed by atoms with van der Waals surface area (Å²) in [4.78, 5) is 15.6. The Morgan fingerprint density at radius 2 is 1.79 bits per heavy atom. The summed E-state index contributed by atoms with van der Waals surface area (Å²) in [7, 11) is 1.61. The highest BCUT2D eigenvalue weighted by atomic mass is 35.5. The molecule has 200 valence electrons. The Morgan fingerprint density at radius 3 is 2.39 bits per heavy atom. The molecule has 6 nitrogen and oxygen atoms in total. The van der Waals surface area contributed by atoms with Gasteiger partial charge in [0, 0.05) is 23.2 Å². The number of benzene rings is 3. The molecule has 1 fully saturated rings. The van der Waals surface area contributed by atoms with Gasteiger partial charge in [-0.1, -0.05) is 35.9 Å². The molecule has 5 rings (SSSR count). The first-order valence-corrected chi connectivity index (χ1v) is 13.4. The highest BCUT2D eigenvalue weighted by Crippen LogP contribution is 2.44. The zero-order valence-electron chi connectivity index (χ0n) is 22.2. The highest BCUT2D eigenvalue weighted by molar-refractivity contribution is 6.30. The number of nitrogens with zero attached hydrogens (tertiary/aromatic N) is 1. The van der Waals surface area contributed by atoms with Crippen LogP contribution >= 0.6 is 11.6 Å². The zero-order valence-corrected chi connectivity index (χ0v) is 23.0. The van der Waals surface area contributed by atoms with E-state index in [1.807, 2.05) is 86.3 Å². The SMILES string of the molecule is COc1cc2c(cc1OC(C)C)[C@H](c1ccc(Cl)cc1)N(c1ccc(C(C)(O)C3CCOC3)cc1)C(=O)C2. The molecule has 0 aliphatic carbocycles. The molecular weight excluding hydrogens is 502 g/mol. The van der Waals surface area contributed by atoms with Gasteiger partial charge in [0.15, 0.2) is 11.5 Å². The van der Waals surface area contributed by atoms with E-state index in [4.69, 9.17) is 25.8 Å². The summed E-state index contributed by atoms with van der Waals surface area (Å²) in [6.07, 6.45) is 1.01. The number of ether oxygens (including phenoxy) is 3. The van der Waals surface area contributed by atoms with Crippen molar-refractivity contribution in [3.8, 4) is 11.5 Å². The number of halogens is 1. The fraction of sp³-hybridized carbons (Fsp3) is 0.387. The van der Waals surface area contributed by atoms with Crippen LogP contribution in [0.1, 0.15) is 55.5 Å². The van der Waals surface area contributed by atoms with Crippen molar-refractivity contribution in [3.63, 3.8) is 0 Å². The lowest BCUT2D eigenvalue weighted by atomic mass is 9.82. The van der Waals surface area contributed by atoms with Gasteiger partial charge < -0.3 is 24.2 Å². The van der Waals surface area contributed by atoms with Crippen LogP contribution in [-0.2, 0) is 21.6 Å². The van der Waals surface area contributed by atoms with E-state index in [0.29, 0.717) is 29.7 Å². The Hall–Kier alpha value is -3.06. The second kappa shape index (κ2) is 10.6. The van der Waals surface area contributed by atoms with Crippen LogP contribution in [0.4, 0.5) is 5.69 Å². The van der Waals surface area contributed by atoms with Gasteiger partial charge in [-0.3, -0.25) is 4.79 Å². The van der Waals surface area contributed by atoms with E-state index in [2.05, 4.69) is 0 Å². The number of hydrogen-bond acceptors (Lipinski definition) is 5. The molecule has 2 unspecified atom stereocenters. The van der Waals surface area contributed by atoms with Crippen molar-refractivity contribution < 1.29 is 24.1 Å². The fourth-order valence-corrected chi connectivity index (χ4v) is 5.63. The first-order chi connectivity index (χ1) is 18.2. The van der Waals surface area contributed by atoms with Gasteiger partial charge in [0.05, 0.1) is 37.9 Å². The van der Waals surface area contributed by atoms with Crippen LogP contribution in [0.3, 0.4) is 0 Å². The van der Waals surface area contributed by atoms with Gasteiger partial charge in [0.2, 0.25) is 5.91 Å². The molecule has 1 saturated heterocycles. The summed E-state index contributed by atoms with van der Waals surface area (Å²) < 4.78 is 17.2. The molecule has 0 aromatic heterocycles. The summed E-state index contributed by atoms with van der Waals surface area (Å²) in [5, 5.41) is 11.9. The van der Waals surface area contributed by atoms with Crippen molar-refractivity contribution >= 4 is 23.2 Å². The third kappa shape index (κ3) is 5.00. The smallest absolute Gasteiger partial charge is 0.232 e. The van der Waals surface area contributed by atoms with E-state index < -0.39 is 11.6 Å². The van der Waals surface area contributed by atoms with Crippen molar-refractivity contribution in [2.75, 3.05) is 25.2 Å². The summed E-state index contributed by atoms with van der Waals surface area (Å²) in [5.41, 5.74) is 3.36. The normalized spacial score (nSPS) is 20.8. The maximum absolute atomic E-state index is 13.7. The van der Waals surface area contributed by atoms with Crippen LogP contribution in [0, 0.1) is 5.92 Å². The summed E-state index contributed by atoms with van der Waals surface area (Å²) in [6, 6.07) is 18.8. The quantitative estimate of drug-likeness (QED) is 0.398. The number of carbonyl (C=O) groups is 1. The van der Waals surface area contributed by atoms with E-state index in [1.165, 1.54) is 0 Å². The van der Waals surface area contributed by atoms with Crippen molar-refractivity contribution in [2.24, 2.45) is 5.92 Å². The number of methoxy groups -OCH3 is 1. The lowest BCUT2D eigenvalue weighted by Crippen LogP contribution is -2.41. The number of amides is 1. The third-order valence-corrected chi connectivity index (χ3v) is 7.84. The molecule has 3 atom stereocenters. The molecule has 1 N–H and O–H groups in total. The Balaban J connectivity index is 1.60. The topological polar surface area (TPSA) is 68.2 Å².